The second-order valence-electron chi connectivity index (χ2n) is 8.44. The summed E-state index contributed by atoms with van der Waals surface area (Å²) in [5.74, 6) is 0. The molecule has 0 fully saturated rings. The lowest BCUT2D eigenvalue weighted by Crippen LogP contribution is -2.36. The van der Waals surface area contributed by atoms with Crippen molar-refractivity contribution in [3.63, 3.8) is 0 Å². The molecule has 0 saturated carbocycles. The van der Waals surface area contributed by atoms with Gasteiger partial charge >= 0.3 is 6.03 Å². The van der Waals surface area contributed by atoms with Gasteiger partial charge in [-0.2, -0.15) is 0 Å². The molecule has 1 N–H and O–H groups in total. The number of benzene rings is 2. The molecule has 31 heavy (non-hydrogen) atoms. The number of aryl methyl sites for hydroxylation is 3. The lowest BCUT2D eigenvalue weighted by Gasteiger charge is -2.25. The van der Waals surface area contributed by atoms with Crippen LogP contribution in [0.25, 0.3) is 0 Å². The number of carbonyl (C=O) groups excluding carboxylic acids is 1. The lowest BCUT2D eigenvalue weighted by molar-refractivity contribution is 0.206. The maximum Gasteiger partial charge on any atom is 0.322 e. The van der Waals surface area contributed by atoms with Gasteiger partial charge in [0, 0.05) is 30.7 Å². The van der Waals surface area contributed by atoms with Gasteiger partial charge in [-0.25, -0.2) is 4.79 Å². The van der Waals surface area contributed by atoms with Gasteiger partial charge in [0.2, 0.25) is 0 Å². The molecule has 0 spiro atoms. The van der Waals surface area contributed by atoms with E-state index in [1.807, 2.05) is 36.9 Å². The molecule has 1 heterocycles. The van der Waals surface area contributed by atoms with E-state index < -0.39 is 0 Å². The van der Waals surface area contributed by atoms with E-state index in [0.29, 0.717) is 6.54 Å². The van der Waals surface area contributed by atoms with Gasteiger partial charge in [-0.15, -0.1) is 0 Å². The number of nitrogens with zero attached hydrogens (tertiary/aromatic N) is 2. The Balaban J connectivity index is 1.77. The highest BCUT2D eigenvalue weighted by molar-refractivity contribution is 5.91. The first-order valence-electron chi connectivity index (χ1n) is 11.3. The topological polar surface area (TPSA) is 37.3 Å². The van der Waals surface area contributed by atoms with Crippen LogP contribution in [-0.4, -0.2) is 22.0 Å². The van der Waals surface area contributed by atoms with Crippen molar-refractivity contribution in [3.05, 3.63) is 88.7 Å². The van der Waals surface area contributed by atoms with E-state index in [1.165, 1.54) is 11.1 Å². The molecule has 3 aromatic rings. The number of anilines is 1. The maximum absolute atomic E-state index is 13.3. The minimum absolute atomic E-state index is 0.0307. The predicted octanol–water partition coefficient (Wildman–Crippen LogP) is 6.69. The third-order valence-corrected chi connectivity index (χ3v) is 5.74. The first-order chi connectivity index (χ1) is 15.0. The van der Waals surface area contributed by atoms with Crippen LogP contribution in [-0.2, 0) is 13.1 Å². The summed E-state index contributed by atoms with van der Waals surface area (Å²) in [5.41, 5.74) is 6.78. The Morgan fingerprint density at radius 3 is 2.42 bits per heavy atom. The van der Waals surface area contributed by atoms with Gasteiger partial charge in [-0.1, -0.05) is 67.8 Å². The van der Waals surface area contributed by atoms with Crippen LogP contribution in [0.15, 0.2) is 60.8 Å². The van der Waals surface area contributed by atoms with Crippen LogP contribution >= 0.6 is 0 Å². The molecule has 4 heteroatoms. The van der Waals surface area contributed by atoms with E-state index in [2.05, 4.69) is 66.3 Å². The van der Waals surface area contributed by atoms with E-state index in [4.69, 9.17) is 0 Å². The fourth-order valence-corrected chi connectivity index (χ4v) is 3.95. The van der Waals surface area contributed by atoms with Gasteiger partial charge in [0.25, 0.3) is 0 Å². The summed E-state index contributed by atoms with van der Waals surface area (Å²) in [6.45, 7) is 10.5. The molecule has 0 aliphatic carbocycles. The summed E-state index contributed by atoms with van der Waals surface area (Å²) in [6, 6.07) is 18.9. The molecule has 0 bridgehead atoms. The van der Waals surface area contributed by atoms with Crippen molar-refractivity contribution >= 4 is 11.7 Å². The molecule has 0 atom stereocenters. The van der Waals surface area contributed by atoms with Gasteiger partial charge in [0.1, 0.15) is 0 Å². The summed E-state index contributed by atoms with van der Waals surface area (Å²) in [5, 5.41) is 3.17. The second kappa shape index (κ2) is 10.9. The molecule has 1 aromatic heterocycles. The molecule has 3 rings (SSSR count). The highest BCUT2D eigenvalue weighted by atomic mass is 16.2. The van der Waals surface area contributed by atoms with Gasteiger partial charge in [-0.3, -0.25) is 0 Å². The zero-order valence-corrected chi connectivity index (χ0v) is 19.3. The van der Waals surface area contributed by atoms with Crippen molar-refractivity contribution < 1.29 is 4.79 Å². The smallest absolute Gasteiger partial charge is 0.322 e. The average Bonchev–Trinajstić information content (AvgIpc) is 3.16. The van der Waals surface area contributed by atoms with Gasteiger partial charge < -0.3 is 14.8 Å². The second-order valence-corrected chi connectivity index (χ2v) is 8.44. The van der Waals surface area contributed by atoms with Crippen LogP contribution in [0.3, 0.4) is 0 Å². The zero-order valence-electron chi connectivity index (χ0n) is 19.3. The summed E-state index contributed by atoms with van der Waals surface area (Å²) < 4.78 is 2.24. The molecular weight excluding hydrogens is 382 g/mol. The van der Waals surface area contributed by atoms with Gasteiger partial charge in [-0.05, 0) is 56.0 Å². The molecule has 0 radical (unpaired) electrons. The highest BCUT2D eigenvalue weighted by Crippen LogP contribution is 2.21. The first kappa shape index (κ1) is 22.7. The SMILES string of the molecule is CCCCCN(Cc1cccn1Cc1cccc(C)c1)C(=O)Nc1c(C)cccc1C. The number of para-hydroxylation sites is 1. The van der Waals surface area contributed by atoms with Crippen molar-refractivity contribution in [1.29, 1.82) is 0 Å². The Hall–Kier alpha value is -3.01. The molecule has 2 aromatic carbocycles. The van der Waals surface area contributed by atoms with Crippen LogP contribution in [0.5, 0.6) is 0 Å². The number of nitrogens with one attached hydrogen (secondary N) is 1. The fraction of sp³-hybridized carbons (Fsp3) is 0.370. The summed E-state index contributed by atoms with van der Waals surface area (Å²) in [7, 11) is 0. The first-order valence-corrected chi connectivity index (χ1v) is 11.3. The number of rotatable bonds is 9. The lowest BCUT2D eigenvalue weighted by atomic mass is 10.1. The number of unbranched alkanes of at least 4 members (excludes halogenated alkanes) is 2. The van der Waals surface area contributed by atoms with E-state index in [-0.39, 0.29) is 6.03 Å². The minimum atomic E-state index is -0.0307. The molecule has 4 nitrogen and oxygen atoms in total. The summed E-state index contributed by atoms with van der Waals surface area (Å²) in [4.78, 5) is 15.2. The standard InChI is InChI=1S/C27H35N3O/c1-5-6-7-16-30(27(31)28-26-22(3)12-9-13-23(26)4)20-25-15-10-17-29(25)19-24-14-8-11-21(2)18-24/h8-15,17-18H,5-7,16,19-20H2,1-4H3,(H,28,31). The van der Waals surface area contributed by atoms with E-state index in [0.717, 1.165) is 54.9 Å². The van der Waals surface area contributed by atoms with Crippen molar-refractivity contribution in [3.8, 4) is 0 Å². The summed E-state index contributed by atoms with van der Waals surface area (Å²) in [6.07, 6.45) is 5.37. The Morgan fingerprint density at radius 1 is 0.968 bits per heavy atom. The molecule has 164 valence electrons. The molecule has 2 amide bonds. The fourth-order valence-electron chi connectivity index (χ4n) is 3.95. The third kappa shape index (κ3) is 6.24. The van der Waals surface area contributed by atoms with Crippen molar-refractivity contribution in [1.82, 2.24) is 9.47 Å². The van der Waals surface area contributed by atoms with Crippen molar-refractivity contribution in [2.45, 2.75) is 60.0 Å². The maximum atomic E-state index is 13.3. The molecule has 0 saturated heterocycles. The van der Waals surface area contributed by atoms with Crippen LogP contribution in [0.4, 0.5) is 10.5 Å². The molecule has 0 unspecified atom stereocenters. The van der Waals surface area contributed by atoms with Crippen LogP contribution in [0.2, 0.25) is 0 Å². The zero-order chi connectivity index (χ0) is 22.2. The number of hydrogen-bond donors (Lipinski definition) is 1. The Morgan fingerprint density at radius 2 is 1.71 bits per heavy atom. The Bertz CT molecular complexity index is 985. The number of urea groups is 1. The predicted molar refractivity (Wildman–Crippen MR) is 130 cm³/mol. The van der Waals surface area contributed by atoms with E-state index >= 15 is 0 Å². The van der Waals surface area contributed by atoms with Crippen LogP contribution in [0, 0.1) is 20.8 Å². The van der Waals surface area contributed by atoms with Gasteiger partial charge in [0.15, 0.2) is 0 Å². The third-order valence-electron chi connectivity index (χ3n) is 5.74. The minimum Gasteiger partial charge on any atom is -0.345 e. The average molecular weight is 418 g/mol. The quantitative estimate of drug-likeness (QED) is 0.387. The highest BCUT2D eigenvalue weighted by Gasteiger charge is 2.17. The van der Waals surface area contributed by atoms with E-state index in [1.54, 1.807) is 0 Å². The van der Waals surface area contributed by atoms with E-state index in [9.17, 15) is 4.79 Å². The monoisotopic (exact) mass is 417 g/mol. The Labute approximate surface area is 186 Å². The number of carbonyl (C=O) groups is 1. The largest absolute Gasteiger partial charge is 0.345 e. The number of amides is 2. The van der Waals surface area contributed by atoms with Gasteiger partial charge in [0.05, 0.1) is 6.54 Å². The molecule has 0 aliphatic heterocycles. The molecular formula is C27H35N3O. The molecule has 0 aliphatic rings. The van der Waals surface area contributed by atoms with Crippen LogP contribution < -0.4 is 5.32 Å². The van der Waals surface area contributed by atoms with Crippen molar-refractivity contribution in [2.75, 3.05) is 11.9 Å². The Kier molecular flexibility index (Phi) is 7.94. The van der Waals surface area contributed by atoms with Crippen molar-refractivity contribution in [2.24, 2.45) is 0 Å². The summed E-state index contributed by atoms with van der Waals surface area (Å²) >= 11 is 0. The number of hydrogen-bond acceptors (Lipinski definition) is 1. The normalized spacial score (nSPS) is 10.8. The number of aromatic nitrogens is 1. The van der Waals surface area contributed by atoms with Crippen LogP contribution in [0.1, 0.15) is 54.1 Å².